The summed E-state index contributed by atoms with van der Waals surface area (Å²) in [5.41, 5.74) is 3.59. The van der Waals surface area contributed by atoms with E-state index in [1.54, 1.807) is 0 Å². The van der Waals surface area contributed by atoms with Crippen molar-refractivity contribution >= 4 is 11.4 Å². The van der Waals surface area contributed by atoms with Gasteiger partial charge in [0.2, 0.25) is 0 Å². The van der Waals surface area contributed by atoms with Crippen LogP contribution in [0, 0.1) is 0 Å². The smallest absolute Gasteiger partial charge is 0.142 e. The molecule has 9 heteroatoms. The van der Waals surface area contributed by atoms with Gasteiger partial charge in [-0.05, 0) is 30.7 Å². The lowest BCUT2D eigenvalue weighted by molar-refractivity contribution is 0.00505. The molecule has 3 aromatic rings. The normalized spacial score (nSPS) is 15.1. The summed E-state index contributed by atoms with van der Waals surface area (Å²) >= 11 is 0. The Morgan fingerprint density at radius 1 is 0.540 bits per heavy atom. The van der Waals surface area contributed by atoms with Crippen molar-refractivity contribution in [2.75, 3.05) is 70.1 Å². The van der Waals surface area contributed by atoms with Crippen LogP contribution in [0.4, 0.5) is 11.4 Å². The van der Waals surface area contributed by atoms with E-state index >= 15 is 0 Å². The highest BCUT2D eigenvalue weighted by Crippen LogP contribution is 2.27. The number of unbranched alkanes of at least 4 members (excludes halogenated alkanes) is 11. The van der Waals surface area contributed by atoms with Gasteiger partial charge in [0.15, 0.2) is 0 Å². The molecule has 276 valence electrons. The molecule has 9 nitrogen and oxygen atoms in total. The van der Waals surface area contributed by atoms with Crippen molar-refractivity contribution in [3.8, 4) is 17.2 Å². The number of anilines is 2. The standard InChI is InChI=1S/C41H61N3O6/c1-2-3-4-5-6-7-8-9-10-11-12-17-22-48-37-31-35-33-42-38-18-13-15-20-40(38)49-29-27-46-25-23-45-24-26-47-28-30-50-41-21-16-14-19-39(41)43-34-36(32-37)44-35/h13-16,18-21,31-32,42-43H,2-12,17,22-30,33-34H2,1H3. The van der Waals surface area contributed by atoms with Crippen LogP contribution in [0.25, 0.3) is 0 Å². The monoisotopic (exact) mass is 691 g/mol. The average Bonchev–Trinajstić information content (AvgIpc) is 3.14. The SMILES string of the molecule is CCCCCCCCCCCCCCOc1cc2nc(c1)CNc1ccccc1OCCOCCOCCOCCOc1ccccc1NC2. The number of ether oxygens (including phenoxy) is 6. The first-order valence-corrected chi connectivity index (χ1v) is 19.1. The fraction of sp³-hybridized carbons (Fsp3) is 0.585. The van der Waals surface area contributed by atoms with Gasteiger partial charge in [-0.3, -0.25) is 4.98 Å². The molecule has 0 saturated carbocycles. The summed E-state index contributed by atoms with van der Waals surface area (Å²) in [5.74, 6) is 2.39. The summed E-state index contributed by atoms with van der Waals surface area (Å²) in [7, 11) is 0. The van der Waals surface area contributed by atoms with Crippen molar-refractivity contribution in [2.45, 2.75) is 97.1 Å². The Morgan fingerprint density at radius 3 is 1.44 bits per heavy atom. The third-order valence-corrected chi connectivity index (χ3v) is 8.58. The first-order valence-electron chi connectivity index (χ1n) is 19.1. The number of nitrogens with zero attached hydrogens (tertiary/aromatic N) is 1. The lowest BCUT2D eigenvalue weighted by atomic mass is 10.1. The first-order chi connectivity index (χ1) is 24.8. The predicted molar refractivity (Wildman–Crippen MR) is 202 cm³/mol. The number of para-hydroxylation sites is 4. The lowest BCUT2D eigenvalue weighted by Gasteiger charge is -2.16. The zero-order valence-corrected chi connectivity index (χ0v) is 30.4. The van der Waals surface area contributed by atoms with E-state index in [0.717, 1.165) is 46.4 Å². The van der Waals surface area contributed by atoms with Crippen LogP contribution < -0.4 is 24.8 Å². The Hall–Kier alpha value is -3.53. The number of aromatic nitrogens is 1. The number of nitrogens with one attached hydrogen (secondary N) is 2. The Bertz CT molecular complexity index is 1230. The van der Waals surface area contributed by atoms with Crippen molar-refractivity contribution in [2.24, 2.45) is 0 Å². The molecule has 2 N–H and O–H groups in total. The summed E-state index contributed by atoms with van der Waals surface area (Å²) in [5, 5.41) is 7.05. The maximum Gasteiger partial charge on any atom is 0.142 e. The average molecular weight is 692 g/mol. The van der Waals surface area contributed by atoms with Gasteiger partial charge in [-0.2, -0.15) is 0 Å². The van der Waals surface area contributed by atoms with E-state index in [9.17, 15) is 0 Å². The molecule has 2 aromatic carbocycles. The Morgan fingerprint density at radius 2 is 0.960 bits per heavy atom. The van der Waals surface area contributed by atoms with E-state index in [-0.39, 0.29) is 0 Å². The van der Waals surface area contributed by atoms with Crippen LogP contribution in [0.1, 0.15) is 95.4 Å². The second-order valence-corrected chi connectivity index (χ2v) is 12.8. The maximum atomic E-state index is 6.32. The maximum absolute atomic E-state index is 6.32. The Balaban J connectivity index is 1.34. The quantitative estimate of drug-likeness (QED) is 0.161. The summed E-state index contributed by atoms with van der Waals surface area (Å²) < 4.78 is 35.4. The summed E-state index contributed by atoms with van der Waals surface area (Å²) in [6.07, 6.45) is 15.9. The minimum atomic E-state index is 0.444. The van der Waals surface area contributed by atoms with Gasteiger partial charge < -0.3 is 39.1 Å². The van der Waals surface area contributed by atoms with Crippen LogP contribution >= 0.6 is 0 Å². The van der Waals surface area contributed by atoms with E-state index in [1.807, 2.05) is 60.7 Å². The van der Waals surface area contributed by atoms with Gasteiger partial charge in [0.05, 0.1) is 82.1 Å². The molecular formula is C41H61N3O6. The molecule has 0 unspecified atom stereocenters. The van der Waals surface area contributed by atoms with E-state index in [4.69, 9.17) is 33.4 Å². The van der Waals surface area contributed by atoms with Crippen LogP contribution in [0.5, 0.6) is 17.2 Å². The molecule has 0 amide bonds. The predicted octanol–water partition coefficient (Wildman–Crippen LogP) is 9.21. The third kappa shape index (κ3) is 16.5. The summed E-state index contributed by atoms with van der Waals surface area (Å²) in [4.78, 5) is 4.99. The highest BCUT2D eigenvalue weighted by atomic mass is 16.6. The molecule has 0 radical (unpaired) electrons. The molecule has 0 saturated heterocycles. The van der Waals surface area contributed by atoms with Gasteiger partial charge in [-0.1, -0.05) is 102 Å². The van der Waals surface area contributed by atoms with Gasteiger partial charge in [0.25, 0.3) is 0 Å². The highest BCUT2D eigenvalue weighted by molar-refractivity contribution is 5.57. The van der Waals surface area contributed by atoms with E-state index in [1.165, 1.54) is 70.6 Å². The molecule has 1 aromatic heterocycles. The molecule has 0 aliphatic carbocycles. The molecule has 1 aliphatic rings. The van der Waals surface area contributed by atoms with Gasteiger partial charge in [0, 0.05) is 12.1 Å². The van der Waals surface area contributed by atoms with E-state index < -0.39 is 0 Å². The molecule has 0 atom stereocenters. The van der Waals surface area contributed by atoms with E-state index in [0.29, 0.717) is 72.6 Å². The zero-order valence-electron chi connectivity index (χ0n) is 30.4. The molecule has 50 heavy (non-hydrogen) atoms. The molecular weight excluding hydrogens is 630 g/mol. The van der Waals surface area contributed by atoms with Crippen molar-refractivity contribution in [3.63, 3.8) is 0 Å². The third-order valence-electron chi connectivity index (χ3n) is 8.58. The molecule has 0 fully saturated rings. The number of benzene rings is 2. The van der Waals surface area contributed by atoms with E-state index in [2.05, 4.69) is 17.6 Å². The van der Waals surface area contributed by atoms with Crippen LogP contribution in [-0.2, 0) is 27.3 Å². The second-order valence-electron chi connectivity index (χ2n) is 12.8. The lowest BCUT2D eigenvalue weighted by Crippen LogP contribution is -2.15. The number of pyridine rings is 1. The second kappa shape index (κ2) is 25.4. The number of hydrogen-bond acceptors (Lipinski definition) is 9. The first kappa shape index (κ1) is 39.3. The molecule has 2 bridgehead atoms. The van der Waals surface area contributed by atoms with Crippen LogP contribution in [0.2, 0.25) is 0 Å². The zero-order chi connectivity index (χ0) is 34.7. The number of fused-ring (bicyclic) bond motifs is 4. The minimum absolute atomic E-state index is 0.444. The van der Waals surface area contributed by atoms with Gasteiger partial charge >= 0.3 is 0 Å². The van der Waals surface area contributed by atoms with Crippen molar-refractivity contribution in [1.29, 1.82) is 0 Å². The van der Waals surface area contributed by atoms with Crippen LogP contribution in [0.15, 0.2) is 60.7 Å². The Kier molecular flexibility index (Phi) is 20.0. The fourth-order valence-electron chi connectivity index (χ4n) is 5.83. The van der Waals surface area contributed by atoms with Crippen molar-refractivity contribution in [3.05, 3.63) is 72.1 Å². The highest BCUT2D eigenvalue weighted by Gasteiger charge is 2.10. The van der Waals surface area contributed by atoms with Crippen LogP contribution in [0.3, 0.4) is 0 Å². The molecule has 1 aliphatic heterocycles. The number of rotatable bonds is 14. The van der Waals surface area contributed by atoms with Gasteiger partial charge in [-0.25, -0.2) is 0 Å². The molecule has 2 heterocycles. The Labute approximate surface area is 300 Å². The summed E-state index contributed by atoms with van der Waals surface area (Å²) in [6, 6.07) is 20.0. The van der Waals surface area contributed by atoms with Crippen molar-refractivity contribution in [1.82, 2.24) is 4.98 Å². The minimum Gasteiger partial charge on any atom is -0.493 e. The van der Waals surface area contributed by atoms with Gasteiger partial charge in [-0.15, -0.1) is 0 Å². The number of hydrogen-bond donors (Lipinski definition) is 2. The molecule has 0 spiro atoms. The molecule has 4 rings (SSSR count). The fourth-order valence-corrected chi connectivity index (χ4v) is 5.83. The van der Waals surface area contributed by atoms with Gasteiger partial charge in [0.1, 0.15) is 30.5 Å². The largest absolute Gasteiger partial charge is 0.493 e. The topological polar surface area (TPSA) is 92.3 Å². The van der Waals surface area contributed by atoms with Crippen LogP contribution in [-0.4, -0.2) is 64.4 Å². The van der Waals surface area contributed by atoms with Crippen molar-refractivity contribution < 1.29 is 28.4 Å². The summed E-state index contributed by atoms with van der Waals surface area (Å²) in [6.45, 7) is 7.89.